The second-order valence-corrected chi connectivity index (χ2v) is 7.44. The number of hydrogen-bond donors (Lipinski definition) is 2. The largest absolute Gasteiger partial charge is 0.433 e. The second kappa shape index (κ2) is 10.5. The van der Waals surface area contributed by atoms with Crippen molar-refractivity contribution in [2.45, 2.75) is 64.0 Å². The topological polar surface area (TPSA) is 45.1 Å². The van der Waals surface area contributed by atoms with E-state index >= 15 is 0 Å². The van der Waals surface area contributed by atoms with Gasteiger partial charge in [0.05, 0.1) is 17.4 Å². The minimum absolute atomic E-state index is 0.00327. The Morgan fingerprint density at radius 2 is 1.48 bits per heavy atom. The van der Waals surface area contributed by atoms with Gasteiger partial charge in [-0.05, 0) is 42.7 Å². The van der Waals surface area contributed by atoms with Gasteiger partial charge in [0.1, 0.15) is 5.69 Å². The van der Waals surface area contributed by atoms with Crippen LogP contribution >= 0.6 is 0 Å². The third kappa shape index (κ3) is 7.21. The number of alkyl halides is 6. The number of rotatable bonds is 9. The summed E-state index contributed by atoms with van der Waals surface area (Å²) in [5, 5.41) is 13.7. The number of benzene rings is 1. The average Bonchev–Trinajstić information content (AvgIpc) is 2.70. The molecule has 0 radical (unpaired) electrons. The Balaban J connectivity index is 2.33. The third-order valence-corrected chi connectivity index (χ3v) is 4.91. The molecule has 0 saturated carbocycles. The van der Waals surface area contributed by atoms with Gasteiger partial charge in [0.2, 0.25) is 0 Å². The fourth-order valence-corrected chi connectivity index (χ4v) is 3.31. The van der Waals surface area contributed by atoms with E-state index in [1.165, 1.54) is 6.07 Å². The highest BCUT2D eigenvalue weighted by Crippen LogP contribution is 2.34. The third-order valence-electron chi connectivity index (χ3n) is 4.91. The molecule has 0 aliphatic rings. The lowest BCUT2D eigenvalue weighted by molar-refractivity contribution is -0.141. The van der Waals surface area contributed by atoms with Crippen LogP contribution in [-0.2, 0) is 12.4 Å². The summed E-state index contributed by atoms with van der Waals surface area (Å²) in [5.41, 5.74) is -2.19. The second-order valence-electron chi connectivity index (χ2n) is 7.44. The number of halogens is 6. The number of aliphatic hydroxyl groups is 1. The molecule has 9 heteroatoms. The zero-order chi connectivity index (χ0) is 23.2. The molecule has 1 aromatic carbocycles. The van der Waals surface area contributed by atoms with Crippen LogP contribution in [0.3, 0.4) is 0 Å². The van der Waals surface area contributed by atoms with Gasteiger partial charge < -0.3 is 10.4 Å². The van der Waals surface area contributed by atoms with E-state index in [4.69, 9.17) is 0 Å². The summed E-state index contributed by atoms with van der Waals surface area (Å²) in [6.45, 7) is 4.10. The van der Waals surface area contributed by atoms with Crippen LogP contribution in [0, 0.1) is 0 Å². The van der Waals surface area contributed by atoms with Crippen molar-refractivity contribution < 1.29 is 31.4 Å². The fourth-order valence-electron chi connectivity index (χ4n) is 3.31. The summed E-state index contributed by atoms with van der Waals surface area (Å²) in [5.74, 6) is 0. The van der Waals surface area contributed by atoms with Gasteiger partial charge in [-0.3, -0.25) is 0 Å². The predicted molar refractivity (Wildman–Crippen MR) is 106 cm³/mol. The van der Waals surface area contributed by atoms with Crippen LogP contribution in [0.5, 0.6) is 0 Å². The first-order valence-corrected chi connectivity index (χ1v) is 10.1. The highest BCUT2D eigenvalue weighted by Gasteiger charge is 2.34. The Morgan fingerprint density at radius 1 is 0.903 bits per heavy atom. The molecule has 3 nitrogen and oxygen atoms in total. The lowest BCUT2D eigenvalue weighted by Gasteiger charge is -2.21. The first-order valence-electron chi connectivity index (χ1n) is 10.1. The minimum Gasteiger partial charge on any atom is -0.387 e. The molecule has 1 aromatic heterocycles. The zero-order valence-electron chi connectivity index (χ0n) is 17.3. The lowest BCUT2D eigenvalue weighted by atomic mass is 10.0. The number of aliphatic hydroxyl groups excluding tert-OH is 1. The van der Waals surface area contributed by atoms with Crippen molar-refractivity contribution in [1.82, 2.24) is 10.3 Å². The van der Waals surface area contributed by atoms with Crippen molar-refractivity contribution in [1.29, 1.82) is 0 Å². The number of hydrogen-bond acceptors (Lipinski definition) is 3. The van der Waals surface area contributed by atoms with Crippen LogP contribution < -0.4 is 5.32 Å². The van der Waals surface area contributed by atoms with Gasteiger partial charge in [-0.1, -0.05) is 38.8 Å². The maximum atomic E-state index is 13.4. The van der Waals surface area contributed by atoms with Crippen LogP contribution in [0.1, 0.15) is 62.5 Å². The number of nitrogens with zero attached hydrogens (tertiary/aromatic N) is 1. The smallest absolute Gasteiger partial charge is 0.387 e. The van der Waals surface area contributed by atoms with E-state index in [0.717, 1.165) is 56.0 Å². The number of nitrogens with one attached hydrogen (secondary N) is 1. The van der Waals surface area contributed by atoms with Crippen LogP contribution in [0.25, 0.3) is 11.3 Å². The molecule has 0 amide bonds. The Morgan fingerprint density at radius 3 is 1.97 bits per heavy atom. The summed E-state index contributed by atoms with van der Waals surface area (Å²) >= 11 is 0. The summed E-state index contributed by atoms with van der Waals surface area (Å²) < 4.78 is 78.4. The van der Waals surface area contributed by atoms with Gasteiger partial charge in [0.25, 0.3) is 0 Å². The summed E-state index contributed by atoms with van der Waals surface area (Å²) in [7, 11) is 0. The molecule has 0 spiro atoms. The van der Waals surface area contributed by atoms with Gasteiger partial charge in [-0.25, -0.2) is 4.98 Å². The molecule has 2 rings (SSSR count). The maximum Gasteiger partial charge on any atom is 0.433 e. The molecule has 1 unspecified atom stereocenters. The van der Waals surface area contributed by atoms with Crippen molar-refractivity contribution >= 4 is 0 Å². The van der Waals surface area contributed by atoms with E-state index in [1.54, 1.807) is 0 Å². The summed E-state index contributed by atoms with van der Waals surface area (Å²) in [6.07, 6.45) is -6.94. The maximum absolute atomic E-state index is 13.4. The van der Waals surface area contributed by atoms with E-state index in [1.807, 2.05) is 13.8 Å². The van der Waals surface area contributed by atoms with Gasteiger partial charge >= 0.3 is 12.4 Å². The normalized spacial score (nSPS) is 13.6. The molecule has 1 atom stereocenters. The SMILES string of the molecule is CCCC(CCC)NCC(O)c1cc(-c2ccc(C(F)(F)F)cc2)nc(C(F)(F)F)c1. The predicted octanol–water partition coefficient (Wildman–Crippen LogP) is 6.38. The van der Waals surface area contributed by atoms with E-state index in [9.17, 15) is 31.4 Å². The van der Waals surface area contributed by atoms with E-state index in [-0.39, 0.29) is 29.4 Å². The molecular formula is C22H26F6N2O. The molecule has 0 aliphatic carbocycles. The zero-order valence-corrected chi connectivity index (χ0v) is 17.3. The Kier molecular flexibility index (Phi) is 8.48. The molecule has 0 bridgehead atoms. The fraction of sp³-hybridized carbons (Fsp3) is 0.500. The monoisotopic (exact) mass is 448 g/mol. The number of pyridine rings is 1. The summed E-state index contributed by atoms with van der Waals surface area (Å²) in [6, 6.07) is 5.90. The van der Waals surface area contributed by atoms with Crippen LogP contribution in [0.2, 0.25) is 0 Å². The highest BCUT2D eigenvalue weighted by molar-refractivity contribution is 5.61. The van der Waals surface area contributed by atoms with Crippen LogP contribution in [0.15, 0.2) is 36.4 Å². The van der Waals surface area contributed by atoms with Crippen molar-refractivity contribution in [3.8, 4) is 11.3 Å². The molecule has 0 fully saturated rings. The molecular weight excluding hydrogens is 422 g/mol. The van der Waals surface area contributed by atoms with E-state index < -0.39 is 29.7 Å². The van der Waals surface area contributed by atoms with Crippen LogP contribution in [-0.4, -0.2) is 22.7 Å². The first-order chi connectivity index (χ1) is 14.5. The van der Waals surface area contributed by atoms with Gasteiger partial charge in [0, 0.05) is 18.2 Å². The molecule has 0 aliphatic heterocycles. The highest BCUT2D eigenvalue weighted by atomic mass is 19.4. The summed E-state index contributed by atoms with van der Waals surface area (Å²) in [4.78, 5) is 3.57. The molecule has 31 heavy (non-hydrogen) atoms. The van der Waals surface area contributed by atoms with Crippen LogP contribution in [0.4, 0.5) is 26.3 Å². The first kappa shape index (κ1) is 25.1. The standard InChI is InChI=1S/C22H26F6N2O/c1-3-5-17(6-4-2)29-13-19(31)15-11-18(30-20(12-15)22(26,27)28)14-7-9-16(10-8-14)21(23,24)25/h7-12,17,19,29,31H,3-6,13H2,1-2H3. The van der Waals surface area contributed by atoms with E-state index in [0.29, 0.717) is 0 Å². The quantitative estimate of drug-likeness (QED) is 0.438. The number of aromatic nitrogens is 1. The van der Waals surface area contributed by atoms with Gasteiger partial charge in [0.15, 0.2) is 0 Å². The molecule has 2 N–H and O–H groups in total. The average molecular weight is 448 g/mol. The van der Waals surface area contributed by atoms with Crippen molar-refractivity contribution in [3.05, 3.63) is 53.2 Å². The molecule has 172 valence electrons. The van der Waals surface area contributed by atoms with Gasteiger partial charge in [-0.2, -0.15) is 26.3 Å². The lowest BCUT2D eigenvalue weighted by Crippen LogP contribution is -2.32. The molecule has 2 aromatic rings. The Labute approximate surface area is 177 Å². The Bertz CT molecular complexity index is 827. The van der Waals surface area contributed by atoms with Crippen molar-refractivity contribution in [2.75, 3.05) is 6.54 Å². The van der Waals surface area contributed by atoms with Gasteiger partial charge in [-0.15, -0.1) is 0 Å². The van der Waals surface area contributed by atoms with E-state index in [2.05, 4.69) is 10.3 Å². The van der Waals surface area contributed by atoms with Crippen molar-refractivity contribution in [2.24, 2.45) is 0 Å². The Hall–Kier alpha value is -2.13. The molecule has 0 saturated heterocycles. The van der Waals surface area contributed by atoms with Crippen molar-refractivity contribution in [3.63, 3.8) is 0 Å². The molecule has 1 heterocycles. The minimum atomic E-state index is -4.77.